The maximum Gasteiger partial charge on any atom is 0.279 e. The van der Waals surface area contributed by atoms with Gasteiger partial charge in [0, 0.05) is 17.1 Å². The van der Waals surface area contributed by atoms with Crippen LogP contribution >= 0.6 is 15.9 Å². The van der Waals surface area contributed by atoms with Gasteiger partial charge >= 0.3 is 0 Å². The number of carbonyl (C=O) groups excluding carboxylic acids is 1. The molecule has 0 atom stereocenters. The fourth-order valence-corrected chi connectivity index (χ4v) is 2.44. The van der Waals surface area contributed by atoms with E-state index in [1.54, 1.807) is 25.2 Å². The smallest absolute Gasteiger partial charge is 0.279 e. The van der Waals surface area contributed by atoms with E-state index >= 15 is 0 Å². The molecule has 0 bridgehead atoms. The Morgan fingerprint density at radius 3 is 2.57 bits per heavy atom. The molecule has 3 rings (SSSR count). The molecule has 2 aromatic carbocycles. The molecule has 0 saturated carbocycles. The third kappa shape index (κ3) is 2.38. The van der Waals surface area contributed by atoms with E-state index in [9.17, 15) is 9.59 Å². The first-order valence-electron chi connectivity index (χ1n) is 6.33. The van der Waals surface area contributed by atoms with E-state index < -0.39 is 0 Å². The highest BCUT2D eigenvalue weighted by Gasteiger charge is 2.11. The largest absolute Gasteiger partial charge is 0.355 e. The zero-order valence-electron chi connectivity index (χ0n) is 11.2. The summed E-state index contributed by atoms with van der Waals surface area (Å²) in [5.74, 6) is -0.186. The molecule has 0 aliphatic rings. The van der Waals surface area contributed by atoms with Crippen molar-refractivity contribution >= 4 is 32.7 Å². The molecule has 2 N–H and O–H groups in total. The predicted octanol–water partition coefficient (Wildman–Crippen LogP) is 2.44. The number of hydrogen-bond acceptors (Lipinski definition) is 2. The van der Waals surface area contributed by atoms with E-state index in [0.29, 0.717) is 16.5 Å². The number of aromatic amines is 1. The van der Waals surface area contributed by atoms with Crippen molar-refractivity contribution in [2.45, 2.75) is 0 Å². The van der Waals surface area contributed by atoms with Gasteiger partial charge in [-0.25, -0.2) is 4.68 Å². The van der Waals surface area contributed by atoms with Gasteiger partial charge in [-0.15, -0.1) is 0 Å². The van der Waals surface area contributed by atoms with Gasteiger partial charge in [-0.05, 0) is 42.5 Å². The molecule has 3 aromatic rings. The van der Waals surface area contributed by atoms with Crippen LogP contribution in [0.15, 0.2) is 51.7 Å². The van der Waals surface area contributed by atoms with E-state index in [1.807, 2.05) is 24.3 Å². The minimum Gasteiger partial charge on any atom is -0.355 e. The van der Waals surface area contributed by atoms with Crippen molar-refractivity contribution in [3.8, 4) is 5.69 Å². The summed E-state index contributed by atoms with van der Waals surface area (Å²) in [6.45, 7) is 0. The molecule has 5 nitrogen and oxygen atoms in total. The van der Waals surface area contributed by atoms with E-state index in [0.717, 1.165) is 10.2 Å². The number of H-pyrrole nitrogens is 1. The van der Waals surface area contributed by atoms with Gasteiger partial charge in [0.25, 0.3) is 11.5 Å². The zero-order chi connectivity index (χ0) is 15.0. The fraction of sp³-hybridized carbons (Fsp3) is 0.0667. The van der Waals surface area contributed by atoms with Gasteiger partial charge in [0.2, 0.25) is 0 Å². The minimum absolute atomic E-state index is 0.143. The molecule has 0 radical (unpaired) electrons. The summed E-state index contributed by atoms with van der Waals surface area (Å²) in [7, 11) is 1.57. The van der Waals surface area contributed by atoms with Crippen LogP contribution in [0.5, 0.6) is 0 Å². The predicted molar refractivity (Wildman–Crippen MR) is 85.0 cm³/mol. The van der Waals surface area contributed by atoms with E-state index in [-0.39, 0.29) is 11.5 Å². The molecule has 1 amide bonds. The van der Waals surface area contributed by atoms with Crippen LogP contribution in [0.2, 0.25) is 0 Å². The number of nitrogens with zero attached hydrogens (tertiary/aromatic N) is 1. The number of nitrogens with one attached hydrogen (secondary N) is 2. The van der Waals surface area contributed by atoms with Crippen LogP contribution in [-0.2, 0) is 0 Å². The van der Waals surface area contributed by atoms with Crippen molar-refractivity contribution in [3.63, 3.8) is 0 Å². The maximum atomic E-state index is 12.4. The third-order valence-electron chi connectivity index (χ3n) is 3.26. The Hall–Kier alpha value is -2.34. The molecule has 21 heavy (non-hydrogen) atoms. The van der Waals surface area contributed by atoms with Gasteiger partial charge in [0.05, 0.1) is 16.6 Å². The molecule has 0 aliphatic heterocycles. The highest BCUT2D eigenvalue weighted by molar-refractivity contribution is 9.10. The van der Waals surface area contributed by atoms with Crippen molar-refractivity contribution in [2.24, 2.45) is 0 Å². The standard InChI is InChI=1S/C15H12BrN3O2/c1-17-14(20)9-2-7-12-13(8-9)18-19(15(12)21)11-5-3-10(16)4-6-11/h2-8,18H,1H3,(H,17,20). The lowest BCUT2D eigenvalue weighted by Crippen LogP contribution is -2.17. The van der Waals surface area contributed by atoms with Gasteiger partial charge in [-0.3, -0.25) is 14.7 Å². The molecule has 106 valence electrons. The van der Waals surface area contributed by atoms with Crippen LogP contribution in [0.25, 0.3) is 16.6 Å². The number of halogens is 1. The molecule has 6 heteroatoms. The first-order valence-corrected chi connectivity index (χ1v) is 7.12. The van der Waals surface area contributed by atoms with Crippen molar-refractivity contribution < 1.29 is 4.79 Å². The quantitative estimate of drug-likeness (QED) is 0.749. The first kappa shape index (κ1) is 13.6. The summed E-state index contributed by atoms with van der Waals surface area (Å²) < 4.78 is 2.40. The summed E-state index contributed by atoms with van der Waals surface area (Å²) in [6.07, 6.45) is 0. The summed E-state index contributed by atoms with van der Waals surface area (Å²) in [5, 5.41) is 6.14. The lowest BCUT2D eigenvalue weighted by atomic mass is 10.1. The fourth-order valence-electron chi connectivity index (χ4n) is 2.17. The Balaban J connectivity index is 2.17. The Labute approximate surface area is 128 Å². The second-order valence-electron chi connectivity index (χ2n) is 4.57. The Morgan fingerprint density at radius 2 is 1.90 bits per heavy atom. The molecule has 0 saturated heterocycles. The molecule has 0 spiro atoms. The number of rotatable bonds is 2. The topological polar surface area (TPSA) is 66.9 Å². The van der Waals surface area contributed by atoms with Crippen molar-refractivity contribution in [1.29, 1.82) is 0 Å². The van der Waals surface area contributed by atoms with Crippen LogP contribution in [0.1, 0.15) is 10.4 Å². The molecule has 1 aromatic heterocycles. The molecular weight excluding hydrogens is 334 g/mol. The van der Waals surface area contributed by atoms with Gasteiger partial charge in [0.1, 0.15) is 0 Å². The van der Waals surface area contributed by atoms with Crippen LogP contribution in [0, 0.1) is 0 Å². The van der Waals surface area contributed by atoms with Crippen LogP contribution in [0.4, 0.5) is 0 Å². The number of fused-ring (bicyclic) bond motifs is 1. The van der Waals surface area contributed by atoms with Crippen molar-refractivity contribution in [1.82, 2.24) is 15.1 Å². The SMILES string of the molecule is CNC(=O)c1ccc2c(=O)n(-c3ccc(Br)cc3)[nH]c2c1. The number of aromatic nitrogens is 2. The number of amides is 1. The van der Waals surface area contributed by atoms with E-state index in [4.69, 9.17) is 0 Å². The third-order valence-corrected chi connectivity index (χ3v) is 3.79. The van der Waals surface area contributed by atoms with Crippen LogP contribution in [-0.4, -0.2) is 22.7 Å². The van der Waals surface area contributed by atoms with Crippen molar-refractivity contribution in [3.05, 3.63) is 62.9 Å². The molecule has 0 fully saturated rings. The molecule has 1 heterocycles. The Kier molecular flexibility index (Phi) is 3.39. The maximum absolute atomic E-state index is 12.4. The number of benzene rings is 2. The van der Waals surface area contributed by atoms with Gasteiger partial charge in [-0.2, -0.15) is 0 Å². The van der Waals surface area contributed by atoms with Gasteiger partial charge < -0.3 is 5.32 Å². The molecule has 0 aliphatic carbocycles. The zero-order valence-corrected chi connectivity index (χ0v) is 12.8. The number of carbonyl (C=O) groups is 1. The van der Waals surface area contributed by atoms with Crippen LogP contribution in [0.3, 0.4) is 0 Å². The lowest BCUT2D eigenvalue weighted by Gasteiger charge is -2.00. The van der Waals surface area contributed by atoms with E-state index in [2.05, 4.69) is 26.3 Å². The van der Waals surface area contributed by atoms with E-state index in [1.165, 1.54) is 4.68 Å². The van der Waals surface area contributed by atoms with Gasteiger partial charge in [0.15, 0.2) is 0 Å². The second-order valence-corrected chi connectivity index (χ2v) is 5.48. The summed E-state index contributed by atoms with van der Waals surface area (Å²) in [6, 6.07) is 12.4. The monoisotopic (exact) mass is 345 g/mol. The Bertz CT molecular complexity index is 878. The first-order chi connectivity index (χ1) is 10.1. The molecular formula is C15H12BrN3O2. The van der Waals surface area contributed by atoms with Crippen LogP contribution < -0.4 is 10.9 Å². The highest BCUT2D eigenvalue weighted by Crippen LogP contribution is 2.15. The Morgan fingerprint density at radius 1 is 1.19 bits per heavy atom. The second kappa shape index (κ2) is 5.21. The summed E-state index contributed by atoms with van der Waals surface area (Å²) >= 11 is 3.36. The van der Waals surface area contributed by atoms with Gasteiger partial charge in [-0.1, -0.05) is 15.9 Å². The summed E-state index contributed by atoms with van der Waals surface area (Å²) in [5.41, 5.74) is 1.73. The molecule has 0 unspecified atom stereocenters. The average molecular weight is 346 g/mol. The lowest BCUT2D eigenvalue weighted by molar-refractivity contribution is 0.0963. The number of hydrogen-bond donors (Lipinski definition) is 2. The summed E-state index contributed by atoms with van der Waals surface area (Å²) in [4.78, 5) is 24.0. The minimum atomic E-state index is -0.186. The normalized spacial score (nSPS) is 10.8. The van der Waals surface area contributed by atoms with Crippen molar-refractivity contribution in [2.75, 3.05) is 7.05 Å². The highest BCUT2D eigenvalue weighted by atomic mass is 79.9. The average Bonchev–Trinajstić information content (AvgIpc) is 2.84.